The molecule has 5 heteroatoms. The lowest BCUT2D eigenvalue weighted by Gasteiger charge is -2.28. The van der Waals surface area contributed by atoms with Crippen molar-refractivity contribution in [2.75, 3.05) is 6.61 Å². The Bertz CT molecular complexity index is 432. The molecule has 0 fully saturated rings. The van der Waals surface area contributed by atoms with Crippen molar-refractivity contribution in [3.05, 3.63) is 17.5 Å². The number of hydrogen-bond acceptors (Lipinski definition) is 4. The van der Waals surface area contributed by atoms with Gasteiger partial charge in [0.25, 0.3) is 0 Å². The molecule has 1 atom stereocenters. The minimum absolute atomic E-state index is 0.169. The maximum absolute atomic E-state index is 11.8. The second-order valence-electron chi connectivity index (χ2n) is 5.82. The molecule has 0 saturated heterocycles. The summed E-state index contributed by atoms with van der Waals surface area (Å²) in [6.45, 7) is 11.5. The van der Waals surface area contributed by atoms with Gasteiger partial charge in [-0.15, -0.1) is 0 Å². The Kier molecular flexibility index (Phi) is 5.11. The lowest BCUT2D eigenvalue weighted by molar-refractivity contribution is 0.0524. The van der Waals surface area contributed by atoms with Gasteiger partial charge in [0, 0.05) is 19.6 Å². The first-order valence-electron chi connectivity index (χ1n) is 6.68. The van der Waals surface area contributed by atoms with Crippen LogP contribution < -0.4 is 5.32 Å². The second kappa shape index (κ2) is 6.19. The Labute approximate surface area is 115 Å². The summed E-state index contributed by atoms with van der Waals surface area (Å²) in [5.74, 6) is -0.309. The van der Waals surface area contributed by atoms with Gasteiger partial charge in [-0.25, -0.2) is 4.79 Å². The van der Waals surface area contributed by atoms with Crippen molar-refractivity contribution in [1.29, 1.82) is 0 Å². The zero-order valence-electron chi connectivity index (χ0n) is 12.8. The Morgan fingerprint density at radius 2 is 2.16 bits per heavy atom. The van der Waals surface area contributed by atoms with Crippen LogP contribution in [0.5, 0.6) is 0 Å². The summed E-state index contributed by atoms with van der Waals surface area (Å²) in [6.07, 6.45) is 1.57. The number of aryl methyl sites for hydroxylation is 1. The minimum atomic E-state index is -0.309. The molecule has 0 aliphatic rings. The van der Waals surface area contributed by atoms with E-state index >= 15 is 0 Å². The number of rotatable bonds is 5. The van der Waals surface area contributed by atoms with E-state index in [2.05, 4.69) is 38.1 Å². The third kappa shape index (κ3) is 4.06. The average Bonchev–Trinajstić information content (AvgIpc) is 2.66. The largest absolute Gasteiger partial charge is 0.462 e. The summed E-state index contributed by atoms with van der Waals surface area (Å²) in [5.41, 5.74) is 1.57. The van der Waals surface area contributed by atoms with Crippen molar-refractivity contribution in [2.45, 2.75) is 47.2 Å². The van der Waals surface area contributed by atoms with E-state index in [1.54, 1.807) is 17.8 Å². The maximum Gasteiger partial charge on any atom is 0.341 e. The predicted octanol–water partition coefficient (Wildman–Crippen LogP) is 2.12. The summed E-state index contributed by atoms with van der Waals surface area (Å²) in [6, 6.07) is 0.331. The van der Waals surface area contributed by atoms with E-state index in [-0.39, 0.29) is 11.4 Å². The number of nitrogens with zero attached hydrogens (tertiary/aromatic N) is 2. The molecule has 0 aliphatic carbocycles. The highest BCUT2D eigenvalue weighted by molar-refractivity contribution is 5.90. The fraction of sp³-hybridized carbons (Fsp3) is 0.714. The van der Waals surface area contributed by atoms with E-state index in [4.69, 9.17) is 4.74 Å². The van der Waals surface area contributed by atoms with Crippen LogP contribution in [0.15, 0.2) is 6.20 Å². The first-order valence-corrected chi connectivity index (χ1v) is 6.68. The van der Waals surface area contributed by atoms with Crippen LogP contribution in [-0.2, 0) is 18.3 Å². The highest BCUT2D eigenvalue weighted by Crippen LogP contribution is 2.19. The molecule has 1 N–H and O–H groups in total. The van der Waals surface area contributed by atoms with E-state index in [1.165, 1.54) is 0 Å². The first-order chi connectivity index (χ1) is 8.77. The third-order valence-electron chi connectivity index (χ3n) is 3.43. The van der Waals surface area contributed by atoms with Crippen molar-refractivity contribution in [3.63, 3.8) is 0 Å². The maximum atomic E-state index is 11.8. The highest BCUT2D eigenvalue weighted by atomic mass is 16.5. The molecule has 0 aromatic carbocycles. The Morgan fingerprint density at radius 1 is 1.53 bits per heavy atom. The second-order valence-corrected chi connectivity index (χ2v) is 5.82. The highest BCUT2D eigenvalue weighted by Gasteiger charge is 2.22. The molecule has 1 heterocycles. The van der Waals surface area contributed by atoms with E-state index in [0.29, 0.717) is 24.8 Å². The average molecular weight is 267 g/mol. The smallest absolute Gasteiger partial charge is 0.341 e. The lowest BCUT2D eigenvalue weighted by atomic mass is 9.88. The zero-order chi connectivity index (χ0) is 14.6. The molecule has 5 nitrogen and oxygen atoms in total. The number of hydrogen-bond donors (Lipinski definition) is 1. The monoisotopic (exact) mass is 267 g/mol. The van der Waals surface area contributed by atoms with Gasteiger partial charge in [-0.3, -0.25) is 4.68 Å². The SMILES string of the molecule is CCOC(=O)c1cnn(C)c1CNC(C)C(C)(C)C. The van der Waals surface area contributed by atoms with E-state index < -0.39 is 0 Å². The van der Waals surface area contributed by atoms with Crippen LogP contribution in [0, 0.1) is 5.41 Å². The summed E-state index contributed by atoms with van der Waals surface area (Å²) < 4.78 is 6.75. The summed E-state index contributed by atoms with van der Waals surface area (Å²) in [5, 5.41) is 7.57. The van der Waals surface area contributed by atoms with Gasteiger partial charge in [-0.2, -0.15) is 5.10 Å². The molecule has 0 amide bonds. The van der Waals surface area contributed by atoms with E-state index in [0.717, 1.165) is 5.69 Å². The number of ether oxygens (including phenoxy) is 1. The van der Waals surface area contributed by atoms with Crippen LogP contribution in [0.1, 0.15) is 50.7 Å². The van der Waals surface area contributed by atoms with Crippen molar-refractivity contribution in [1.82, 2.24) is 15.1 Å². The van der Waals surface area contributed by atoms with Crippen molar-refractivity contribution < 1.29 is 9.53 Å². The van der Waals surface area contributed by atoms with Gasteiger partial charge in [0.2, 0.25) is 0 Å². The standard InChI is InChI=1S/C14H25N3O2/c1-7-19-13(18)11-8-16-17(6)12(11)9-15-10(2)14(3,4)5/h8,10,15H,7,9H2,1-6H3. The van der Waals surface area contributed by atoms with Crippen molar-refractivity contribution >= 4 is 5.97 Å². The van der Waals surface area contributed by atoms with E-state index in [9.17, 15) is 4.79 Å². The molecule has 0 aliphatic heterocycles. The third-order valence-corrected chi connectivity index (χ3v) is 3.43. The van der Waals surface area contributed by atoms with Gasteiger partial charge >= 0.3 is 5.97 Å². The van der Waals surface area contributed by atoms with Gasteiger partial charge < -0.3 is 10.1 Å². The number of carbonyl (C=O) groups excluding carboxylic acids is 1. The zero-order valence-corrected chi connectivity index (χ0v) is 12.8. The molecule has 0 spiro atoms. The van der Waals surface area contributed by atoms with Gasteiger partial charge in [-0.05, 0) is 19.3 Å². The van der Waals surface area contributed by atoms with Gasteiger partial charge in [0.05, 0.1) is 18.5 Å². The molecule has 108 valence electrons. The molecular formula is C14H25N3O2. The number of carbonyl (C=O) groups is 1. The quantitative estimate of drug-likeness (QED) is 0.830. The molecule has 1 aromatic rings. The van der Waals surface area contributed by atoms with Crippen molar-refractivity contribution in [2.24, 2.45) is 12.5 Å². The summed E-state index contributed by atoms with van der Waals surface area (Å²) >= 11 is 0. The normalized spacial score (nSPS) is 13.4. The molecule has 0 bridgehead atoms. The molecule has 1 unspecified atom stereocenters. The lowest BCUT2D eigenvalue weighted by Crippen LogP contribution is -2.37. The Morgan fingerprint density at radius 3 is 2.68 bits per heavy atom. The number of aromatic nitrogens is 2. The van der Waals surface area contributed by atoms with Gasteiger partial charge in [0.1, 0.15) is 5.56 Å². The summed E-state index contributed by atoms with van der Waals surface area (Å²) in [4.78, 5) is 11.8. The van der Waals surface area contributed by atoms with Crippen LogP contribution in [-0.4, -0.2) is 28.4 Å². The fourth-order valence-electron chi connectivity index (χ4n) is 1.61. The molecule has 1 rings (SSSR count). The summed E-state index contributed by atoms with van der Waals surface area (Å²) in [7, 11) is 1.83. The van der Waals surface area contributed by atoms with E-state index in [1.807, 2.05) is 7.05 Å². The van der Waals surface area contributed by atoms with Gasteiger partial charge in [0.15, 0.2) is 0 Å². The molecule has 19 heavy (non-hydrogen) atoms. The van der Waals surface area contributed by atoms with Crippen LogP contribution in [0.25, 0.3) is 0 Å². The Balaban J connectivity index is 2.78. The molecule has 0 radical (unpaired) electrons. The fourth-order valence-corrected chi connectivity index (χ4v) is 1.61. The first kappa shape index (κ1) is 15.7. The number of nitrogens with one attached hydrogen (secondary N) is 1. The van der Waals surface area contributed by atoms with Crippen LogP contribution in [0.4, 0.5) is 0 Å². The number of esters is 1. The minimum Gasteiger partial charge on any atom is -0.462 e. The molecule has 1 aromatic heterocycles. The van der Waals surface area contributed by atoms with Crippen molar-refractivity contribution in [3.8, 4) is 0 Å². The molecular weight excluding hydrogens is 242 g/mol. The van der Waals surface area contributed by atoms with Crippen LogP contribution in [0.3, 0.4) is 0 Å². The predicted molar refractivity (Wildman–Crippen MR) is 74.9 cm³/mol. The Hall–Kier alpha value is -1.36. The van der Waals surface area contributed by atoms with Crippen LogP contribution >= 0.6 is 0 Å². The van der Waals surface area contributed by atoms with Gasteiger partial charge in [-0.1, -0.05) is 20.8 Å². The topological polar surface area (TPSA) is 56.1 Å². The molecule has 0 saturated carbocycles. The van der Waals surface area contributed by atoms with Crippen LogP contribution in [0.2, 0.25) is 0 Å².